The van der Waals surface area contributed by atoms with E-state index in [-0.39, 0.29) is 30.4 Å². The van der Waals surface area contributed by atoms with Gasteiger partial charge in [0.2, 0.25) is 11.8 Å². The van der Waals surface area contributed by atoms with Crippen molar-refractivity contribution in [3.63, 3.8) is 0 Å². The first kappa shape index (κ1) is 23.7. The van der Waals surface area contributed by atoms with Crippen LogP contribution in [0, 0.1) is 0 Å². The number of carboxylic acids is 1. The van der Waals surface area contributed by atoms with Crippen molar-refractivity contribution in [3.05, 3.63) is 59.2 Å². The van der Waals surface area contributed by atoms with Crippen LogP contribution in [0.25, 0.3) is 0 Å². The Labute approximate surface area is 197 Å². The molecule has 4 rings (SSSR count). The fraction of sp³-hybridized carbons (Fsp3) is 0.400. The van der Waals surface area contributed by atoms with Gasteiger partial charge in [0.1, 0.15) is 5.75 Å². The fourth-order valence-electron chi connectivity index (χ4n) is 4.48. The zero-order valence-corrected chi connectivity index (χ0v) is 19.1. The lowest BCUT2D eigenvalue weighted by atomic mass is 10.0. The van der Waals surface area contributed by atoms with Crippen LogP contribution in [0.15, 0.2) is 42.5 Å². The molecule has 2 aliphatic heterocycles. The fourth-order valence-corrected chi connectivity index (χ4v) is 4.48. The van der Waals surface area contributed by atoms with E-state index in [1.54, 1.807) is 30.1 Å². The number of anilines is 1. The van der Waals surface area contributed by atoms with Gasteiger partial charge >= 0.3 is 5.97 Å². The van der Waals surface area contributed by atoms with Crippen molar-refractivity contribution in [2.75, 3.05) is 38.6 Å². The maximum absolute atomic E-state index is 13.3. The number of benzene rings is 2. The van der Waals surface area contributed by atoms with Crippen molar-refractivity contribution < 1.29 is 29.3 Å². The molecule has 0 saturated carbocycles. The van der Waals surface area contributed by atoms with Crippen LogP contribution in [0.3, 0.4) is 0 Å². The summed E-state index contributed by atoms with van der Waals surface area (Å²) in [4.78, 5) is 39.6. The molecule has 34 heavy (non-hydrogen) atoms. The normalized spacial score (nSPS) is 18.3. The van der Waals surface area contributed by atoms with Gasteiger partial charge in [-0.25, -0.2) is 4.79 Å². The van der Waals surface area contributed by atoms with E-state index in [9.17, 15) is 19.5 Å². The Kier molecular flexibility index (Phi) is 7.14. The van der Waals surface area contributed by atoms with E-state index in [4.69, 9.17) is 9.84 Å². The SMILES string of the molecule is CN(C(=O)Cc1ccc2c(c1)NC(=O)C2)C(CN1CCC(O)C1)c1cccc(OCC(=O)O)c1. The van der Waals surface area contributed by atoms with Crippen molar-refractivity contribution in [2.45, 2.75) is 31.4 Å². The highest BCUT2D eigenvalue weighted by molar-refractivity contribution is 5.99. The van der Waals surface area contributed by atoms with Crippen LogP contribution in [0.5, 0.6) is 5.75 Å². The molecule has 1 saturated heterocycles. The lowest BCUT2D eigenvalue weighted by Crippen LogP contribution is -2.39. The average Bonchev–Trinajstić information content (AvgIpc) is 3.39. The summed E-state index contributed by atoms with van der Waals surface area (Å²) < 4.78 is 5.34. The number of carbonyl (C=O) groups excluding carboxylic acids is 2. The third-order valence-corrected chi connectivity index (χ3v) is 6.30. The Morgan fingerprint density at radius 1 is 1.26 bits per heavy atom. The second-order valence-corrected chi connectivity index (χ2v) is 8.87. The Hall–Kier alpha value is -3.43. The highest BCUT2D eigenvalue weighted by Gasteiger charge is 2.29. The van der Waals surface area contributed by atoms with Crippen LogP contribution < -0.4 is 10.1 Å². The summed E-state index contributed by atoms with van der Waals surface area (Å²) in [7, 11) is 1.75. The van der Waals surface area contributed by atoms with Crippen molar-refractivity contribution in [2.24, 2.45) is 0 Å². The van der Waals surface area contributed by atoms with Gasteiger partial charge < -0.3 is 25.2 Å². The number of ether oxygens (including phenoxy) is 1. The molecule has 2 heterocycles. The van der Waals surface area contributed by atoms with Crippen molar-refractivity contribution in [1.82, 2.24) is 9.80 Å². The summed E-state index contributed by atoms with van der Waals surface area (Å²) in [5.74, 6) is -0.785. The van der Waals surface area contributed by atoms with Crippen LogP contribution in [-0.2, 0) is 27.2 Å². The van der Waals surface area contributed by atoms with Crippen molar-refractivity contribution in [1.29, 1.82) is 0 Å². The first-order chi connectivity index (χ1) is 16.3. The molecule has 0 aliphatic carbocycles. The topological polar surface area (TPSA) is 119 Å². The lowest BCUT2D eigenvalue weighted by Gasteiger charge is -2.32. The van der Waals surface area contributed by atoms with E-state index in [0.29, 0.717) is 31.7 Å². The molecule has 2 unspecified atom stereocenters. The number of carboxylic acid groups (broad SMARTS) is 1. The average molecular weight is 468 g/mol. The number of rotatable bonds is 9. The number of hydrogen-bond donors (Lipinski definition) is 3. The molecule has 9 heteroatoms. The molecule has 2 amide bonds. The van der Waals surface area contributed by atoms with Crippen LogP contribution in [-0.4, -0.2) is 77.2 Å². The van der Waals surface area contributed by atoms with Gasteiger partial charge in [0.05, 0.1) is 25.0 Å². The first-order valence-electron chi connectivity index (χ1n) is 11.3. The minimum atomic E-state index is -1.06. The van der Waals surface area contributed by atoms with E-state index in [1.165, 1.54) is 0 Å². The number of hydrogen-bond acceptors (Lipinski definition) is 6. The van der Waals surface area contributed by atoms with Gasteiger partial charge in [-0.2, -0.15) is 0 Å². The minimum Gasteiger partial charge on any atom is -0.482 e. The van der Waals surface area contributed by atoms with Gasteiger partial charge in [-0.3, -0.25) is 14.5 Å². The number of nitrogens with one attached hydrogen (secondary N) is 1. The number of carbonyl (C=O) groups is 3. The number of amides is 2. The highest BCUT2D eigenvalue weighted by Crippen LogP contribution is 2.28. The predicted molar refractivity (Wildman–Crippen MR) is 125 cm³/mol. The van der Waals surface area contributed by atoms with Gasteiger partial charge in [-0.15, -0.1) is 0 Å². The summed E-state index contributed by atoms with van der Waals surface area (Å²) in [5, 5.41) is 21.7. The second-order valence-electron chi connectivity index (χ2n) is 8.87. The Bertz CT molecular complexity index is 1090. The van der Waals surface area contributed by atoms with E-state index in [1.807, 2.05) is 24.3 Å². The number of likely N-dealkylation sites (N-methyl/N-ethyl adjacent to an activating group) is 1. The lowest BCUT2D eigenvalue weighted by molar-refractivity contribution is -0.139. The Morgan fingerprint density at radius 2 is 2.09 bits per heavy atom. The number of aliphatic hydroxyl groups excluding tert-OH is 1. The predicted octanol–water partition coefficient (Wildman–Crippen LogP) is 1.45. The summed E-state index contributed by atoms with van der Waals surface area (Å²) in [5.41, 5.74) is 3.31. The van der Waals surface area contributed by atoms with Gasteiger partial charge in [-0.05, 0) is 41.3 Å². The zero-order chi connectivity index (χ0) is 24.2. The molecule has 0 aromatic heterocycles. The third-order valence-electron chi connectivity index (χ3n) is 6.30. The van der Waals surface area contributed by atoms with Crippen LogP contribution in [0.4, 0.5) is 5.69 Å². The monoisotopic (exact) mass is 467 g/mol. The molecular formula is C25H29N3O6. The van der Waals surface area contributed by atoms with E-state index in [2.05, 4.69) is 10.2 Å². The number of fused-ring (bicyclic) bond motifs is 1. The number of aliphatic hydroxyl groups is 1. The van der Waals surface area contributed by atoms with Gasteiger partial charge in [0, 0.05) is 32.4 Å². The summed E-state index contributed by atoms with van der Waals surface area (Å²) in [6.07, 6.45) is 0.836. The molecule has 2 atom stereocenters. The molecule has 3 N–H and O–H groups in total. The number of likely N-dealkylation sites (tertiary alicyclic amines) is 1. The van der Waals surface area contributed by atoms with Gasteiger partial charge in [0.25, 0.3) is 0 Å². The largest absolute Gasteiger partial charge is 0.482 e. The van der Waals surface area contributed by atoms with E-state index >= 15 is 0 Å². The van der Waals surface area contributed by atoms with Gasteiger partial charge in [0.15, 0.2) is 6.61 Å². The maximum Gasteiger partial charge on any atom is 0.341 e. The Morgan fingerprint density at radius 3 is 2.82 bits per heavy atom. The molecule has 0 spiro atoms. The number of nitrogens with zero attached hydrogens (tertiary/aromatic N) is 2. The molecule has 1 fully saturated rings. The Balaban J connectivity index is 1.52. The summed E-state index contributed by atoms with van der Waals surface area (Å²) in [6.45, 7) is 1.36. The number of β-amino-alcohol motifs (C(OH)–C–C–N with tert-alkyl or cyclic N) is 1. The third kappa shape index (κ3) is 5.73. The molecule has 0 radical (unpaired) electrons. The second kappa shape index (κ2) is 10.2. The molecule has 180 valence electrons. The van der Waals surface area contributed by atoms with Crippen molar-refractivity contribution >= 4 is 23.5 Å². The standard InChI is InChI=1S/C25H29N3O6/c1-27(24(31)10-16-5-6-17-12-23(30)26-21(17)9-16)22(14-28-8-7-19(29)13-28)18-3-2-4-20(11-18)34-15-25(32)33/h2-6,9,11,19,22,29H,7-8,10,12-15H2,1H3,(H,26,30)(H,32,33). The van der Waals surface area contributed by atoms with Crippen LogP contribution in [0.1, 0.15) is 29.2 Å². The quantitative estimate of drug-likeness (QED) is 0.511. The first-order valence-corrected chi connectivity index (χ1v) is 11.3. The molecule has 9 nitrogen and oxygen atoms in total. The number of aliphatic carboxylic acids is 1. The molecule has 2 aliphatic rings. The molecule has 0 bridgehead atoms. The molecule has 2 aromatic rings. The summed E-state index contributed by atoms with van der Waals surface area (Å²) >= 11 is 0. The van der Waals surface area contributed by atoms with Crippen LogP contribution in [0.2, 0.25) is 0 Å². The molecular weight excluding hydrogens is 438 g/mol. The summed E-state index contributed by atoms with van der Waals surface area (Å²) in [6, 6.07) is 12.4. The van der Waals surface area contributed by atoms with Gasteiger partial charge in [-0.1, -0.05) is 24.3 Å². The smallest absolute Gasteiger partial charge is 0.341 e. The van der Waals surface area contributed by atoms with Crippen molar-refractivity contribution in [3.8, 4) is 5.75 Å². The maximum atomic E-state index is 13.3. The van der Waals surface area contributed by atoms with Crippen LogP contribution >= 0.6 is 0 Å². The molecule has 2 aromatic carbocycles. The minimum absolute atomic E-state index is 0.0477. The van der Waals surface area contributed by atoms with E-state index < -0.39 is 12.6 Å². The highest BCUT2D eigenvalue weighted by atomic mass is 16.5. The zero-order valence-electron chi connectivity index (χ0n) is 19.1. The van der Waals surface area contributed by atoms with E-state index in [0.717, 1.165) is 28.9 Å².